The number of carbonyl (C=O) groups is 1. The molecule has 2 aromatic rings. The fraction of sp³-hybridized carbons (Fsp3) is 0.455. The number of hydrazone groups is 1. The van der Waals surface area contributed by atoms with E-state index in [2.05, 4.69) is 42.5 Å². The number of benzene rings is 1. The number of nitrogens with one attached hydrogen (secondary N) is 1. The van der Waals surface area contributed by atoms with E-state index in [-0.39, 0.29) is 11.3 Å². The van der Waals surface area contributed by atoms with Crippen LogP contribution in [0.1, 0.15) is 63.9 Å². The quantitative estimate of drug-likeness (QED) is 0.399. The lowest BCUT2D eigenvalue weighted by Crippen LogP contribution is -2.29. The van der Waals surface area contributed by atoms with Crippen molar-refractivity contribution >= 4 is 22.9 Å². The molecule has 1 heterocycles. The SMILES string of the molecule is CCCn1nc(C(=O)N/N=C\C[C@@H](C)CCC=C(C)C)c2ccccc2c1=O. The van der Waals surface area contributed by atoms with Crippen LogP contribution in [-0.4, -0.2) is 21.9 Å². The molecule has 0 radical (unpaired) electrons. The second-order valence-corrected chi connectivity index (χ2v) is 7.37. The highest BCUT2D eigenvalue weighted by Gasteiger charge is 2.15. The summed E-state index contributed by atoms with van der Waals surface area (Å²) in [6.45, 7) is 8.80. The third-order valence-corrected chi connectivity index (χ3v) is 4.50. The number of carbonyl (C=O) groups excluding carboxylic acids is 1. The molecule has 0 fully saturated rings. The average Bonchev–Trinajstić information content (AvgIpc) is 2.67. The summed E-state index contributed by atoms with van der Waals surface area (Å²) in [6.07, 6.45) is 7.65. The van der Waals surface area contributed by atoms with Crippen LogP contribution in [0.15, 0.2) is 45.8 Å². The van der Waals surface area contributed by atoms with Crippen LogP contribution in [0, 0.1) is 5.92 Å². The van der Waals surface area contributed by atoms with Crippen molar-refractivity contribution in [2.24, 2.45) is 11.0 Å². The molecule has 150 valence electrons. The number of aromatic nitrogens is 2. The number of aryl methyl sites for hydroxylation is 1. The van der Waals surface area contributed by atoms with E-state index in [1.165, 1.54) is 10.3 Å². The van der Waals surface area contributed by atoms with E-state index >= 15 is 0 Å². The number of rotatable bonds is 9. The zero-order valence-electron chi connectivity index (χ0n) is 17.2. The molecule has 1 amide bonds. The standard InChI is InChI=1S/C22H30N4O2/c1-5-15-26-22(28)19-12-7-6-11-18(19)20(25-26)21(27)24-23-14-13-17(4)10-8-9-16(2)3/h6-7,9,11-12,14,17H,5,8,10,13,15H2,1-4H3,(H,24,27)/b23-14-/t17-/m0/s1. The molecule has 0 aliphatic heterocycles. The summed E-state index contributed by atoms with van der Waals surface area (Å²) < 4.78 is 1.35. The van der Waals surface area contributed by atoms with Crippen molar-refractivity contribution in [1.82, 2.24) is 15.2 Å². The van der Waals surface area contributed by atoms with Crippen molar-refractivity contribution in [2.75, 3.05) is 0 Å². The van der Waals surface area contributed by atoms with Gasteiger partial charge in [0.2, 0.25) is 0 Å². The van der Waals surface area contributed by atoms with E-state index < -0.39 is 5.91 Å². The molecule has 1 aromatic carbocycles. The molecule has 28 heavy (non-hydrogen) atoms. The van der Waals surface area contributed by atoms with Gasteiger partial charge in [-0.25, -0.2) is 10.1 Å². The maximum Gasteiger partial charge on any atom is 0.292 e. The third-order valence-electron chi connectivity index (χ3n) is 4.50. The van der Waals surface area contributed by atoms with Crippen molar-refractivity contribution in [3.05, 3.63) is 52.0 Å². The van der Waals surface area contributed by atoms with Crippen LogP contribution in [-0.2, 0) is 6.54 Å². The highest BCUT2D eigenvalue weighted by atomic mass is 16.2. The van der Waals surface area contributed by atoms with E-state index in [0.717, 1.165) is 25.7 Å². The average molecular weight is 383 g/mol. The molecule has 0 bridgehead atoms. The van der Waals surface area contributed by atoms with Gasteiger partial charge in [-0.15, -0.1) is 0 Å². The van der Waals surface area contributed by atoms with Gasteiger partial charge in [0.1, 0.15) is 0 Å². The molecule has 0 saturated carbocycles. The lowest BCUT2D eigenvalue weighted by Gasteiger charge is -2.09. The van der Waals surface area contributed by atoms with Crippen LogP contribution in [0.3, 0.4) is 0 Å². The van der Waals surface area contributed by atoms with Gasteiger partial charge in [0, 0.05) is 18.1 Å². The maximum atomic E-state index is 12.6. The van der Waals surface area contributed by atoms with Crippen molar-refractivity contribution in [2.45, 2.75) is 59.9 Å². The highest BCUT2D eigenvalue weighted by molar-refractivity contribution is 6.04. The van der Waals surface area contributed by atoms with Crippen LogP contribution in [0.2, 0.25) is 0 Å². The Morgan fingerprint density at radius 3 is 2.68 bits per heavy atom. The van der Waals surface area contributed by atoms with Gasteiger partial charge >= 0.3 is 0 Å². The van der Waals surface area contributed by atoms with Crippen molar-refractivity contribution in [1.29, 1.82) is 0 Å². The van der Waals surface area contributed by atoms with Gasteiger partial charge in [0.25, 0.3) is 11.5 Å². The molecule has 6 heteroatoms. The normalized spacial score (nSPS) is 12.3. The van der Waals surface area contributed by atoms with Crippen LogP contribution >= 0.6 is 0 Å². The smallest absolute Gasteiger partial charge is 0.267 e. The van der Waals surface area contributed by atoms with Gasteiger partial charge in [-0.3, -0.25) is 9.59 Å². The lowest BCUT2D eigenvalue weighted by molar-refractivity contribution is 0.0949. The van der Waals surface area contributed by atoms with Crippen molar-refractivity contribution in [3.8, 4) is 0 Å². The Labute approximate surface area is 166 Å². The topological polar surface area (TPSA) is 76.3 Å². The van der Waals surface area contributed by atoms with Gasteiger partial charge in [-0.05, 0) is 51.5 Å². The third kappa shape index (κ3) is 5.87. The summed E-state index contributed by atoms with van der Waals surface area (Å²) in [5.74, 6) is 0.0798. The first-order valence-corrected chi connectivity index (χ1v) is 9.89. The van der Waals surface area contributed by atoms with Gasteiger partial charge in [0.05, 0.1) is 5.39 Å². The molecule has 2 rings (SSSR count). The fourth-order valence-corrected chi connectivity index (χ4v) is 2.93. The minimum atomic E-state index is -0.408. The van der Waals surface area contributed by atoms with Gasteiger partial charge < -0.3 is 0 Å². The van der Waals surface area contributed by atoms with E-state index in [1.807, 2.05) is 6.92 Å². The molecular formula is C22H30N4O2. The number of hydrogen-bond donors (Lipinski definition) is 1. The fourth-order valence-electron chi connectivity index (χ4n) is 2.93. The van der Waals surface area contributed by atoms with Crippen LogP contribution in [0.5, 0.6) is 0 Å². The number of nitrogens with zero attached hydrogens (tertiary/aromatic N) is 3. The van der Waals surface area contributed by atoms with Gasteiger partial charge in [-0.2, -0.15) is 10.2 Å². The molecule has 0 aliphatic rings. The Morgan fingerprint density at radius 2 is 2.00 bits per heavy atom. The van der Waals surface area contributed by atoms with E-state index in [9.17, 15) is 9.59 Å². The summed E-state index contributed by atoms with van der Waals surface area (Å²) in [5, 5.41) is 9.38. The molecule has 1 aromatic heterocycles. The predicted molar refractivity (Wildman–Crippen MR) is 115 cm³/mol. The Kier molecular flexibility index (Phi) is 8.11. The van der Waals surface area contributed by atoms with E-state index in [0.29, 0.717) is 23.2 Å². The molecular weight excluding hydrogens is 352 g/mol. The molecule has 1 atom stereocenters. The first-order chi connectivity index (χ1) is 13.4. The Balaban J connectivity index is 2.08. The molecule has 0 unspecified atom stereocenters. The first-order valence-electron chi connectivity index (χ1n) is 9.89. The highest BCUT2D eigenvalue weighted by Crippen LogP contribution is 2.13. The van der Waals surface area contributed by atoms with Crippen LogP contribution < -0.4 is 11.0 Å². The number of fused-ring (bicyclic) bond motifs is 1. The maximum absolute atomic E-state index is 12.6. The monoisotopic (exact) mass is 382 g/mol. The summed E-state index contributed by atoms with van der Waals surface area (Å²) in [7, 11) is 0. The minimum absolute atomic E-state index is 0.178. The van der Waals surface area contributed by atoms with Gasteiger partial charge in [0.15, 0.2) is 5.69 Å². The lowest BCUT2D eigenvalue weighted by atomic mass is 10.0. The summed E-state index contributed by atoms with van der Waals surface area (Å²) in [5.41, 5.74) is 3.92. The number of allylic oxidation sites excluding steroid dienone is 2. The molecule has 6 nitrogen and oxygen atoms in total. The van der Waals surface area contributed by atoms with Crippen LogP contribution in [0.4, 0.5) is 0 Å². The summed E-state index contributed by atoms with van der Waals surface area (Å²) in [6, 6.07) is 7.04. The van der Waals surface area contributed by atoms with Crippen molar-refractivity contribution < 1.29 is 4.79 Å². The van der Waals surface area contributed by atoms with Crippen molar-refractivity contribution in [3.63, 3.8) is 0 Å². The van der Waals surface area contributed by atoms with Crippen LogP contribution in [0.25, 0.3) is 10.8 Å². The Hall–Kier alpha value is -2.76. The molecule has 0 saturated heterocycles. The molecule has 0 spiro atoms. The Bertz CT molecular complexity index is 924. The zero-order chi connectivity index (χ0) is 20.5. The second kappa shape index (κ2) is 10.5. The molecule has 0 aliphatic carbocycles. The van der Waals surface area contributed by atoms with E-state index in [1.54, 1.807) is 30.5 Å². The largest absolute Gasteiger partial charge is 0.292 e. The summed E-state index contributed by atoms with van der Waals surface area (Å²) in [4.78, 5) is 25.1. The Morgan fingerprint density at radius 1 is 1.29 bits per heavy atom. The van der Waals surface area contributed by atoms with E-state index in [4.69, 9.17) is 0 Å². The number of amides is 1. The van der Waals surface area contributed by atoms with Gasteiger partial charge in [-0.1, -0.05) is 43.7 Å². The predicted octanol–water partition coefficient (Wildman–Crippen LogP) is 4.29. The second-order valence-electron chi connectivity index (χ2n) is 7.37. The summed E-state index contributed by atoms with van der Waals surface area (Å²) >= 11 is 0. The number of hydrogen-bond acceptors (Lipinski definition) is 4. The first kappa shape index (κ1) is 21.5. The zero-order valence-corrected chi connectivity index (χ0v) is 17.2. The molecule has 1 N–H and O–H groups in total. The minimum Gasteiger partial charge on any atom is -0.267 e.